The minimum atomic E-state index is -2.61. The second-order valence-corrected chi connectivity index (χ2v) is 3.42. The monoisotopic (exact) mass is 188 g/mol. The maximum absolute atomic E-state index is 12.7. The van der Waals surface area contributed by atoms with Gasteiger partial charge in [0, 0.05) is 12.3 Å². The summed E-state index contributed by atoms with van der Waals surface area (Å²) in [5.74, 6) is -2.79. The third-order valence-corrected chi connectivity index (χ3v) is 1.98. The van der Waals surface area contributed by atoms with Gasteiger partial charge >= 0.3 is 0 Å². The van der Waals surface area contributed by atoms with E-state index in [0.717, 1.165) is 18.9 Å². The molecule has 0 aliphatic carbocycles. The maximum atomic E-state index is 12.7. The van der Waals surface area contributed by atoms with Crippen LogP contribution in [0.15, 0.2) is 24.3 Å². The highest BCUT2D eigenvalue weighted by Crippen LogP contribution is 2.28. The fraction of sp³-hybridized carbons (Fsp3) is 0.636. The summed E-state index contributed by atoms with van der Waals surface area (Å²) in [5.41, 5.74) is 0.875. The zero-order valence-electron chi connectivity index (χ0n) is 8.61. The molecule has 0 bridgehead atoms. The lowest BCUT2D eigenvalue weighted by molar-refractivity contribution is 0.00543. The molecule has 0 radical (unpaired) electrons. The number of hydrogen-bond donors (Lipinski definition) is 0. The molecular weight excluding hydrogens is 170 g/mol. The van der Waals surface area contributed by atoms with Crippen molar-refractivity contribution >= 4 is 0 Å². The fourth-order valence-electron chi connectivity index (χ4n) is 1.23. The molecular formula is C11H18F2. The van der Waals surface area contributed by atoms with Gasteiger partial charge in [-0.3, -0.25) is 0 Å². The second-order valence-electron chi connectivity index (χ2n) is 3.42. The van der Waals surface area contributed by atoms with Crippen LogP contribution in [0, 0.1) is 5.92 Å². The Bertz CT molecular complexity index is 187. The molecule has 76 valence electrons. The zero-order valence-corrected chi connectivity index (χ0v) is 8.61. The standard InChI is InChI=1S/C11H18F2/c1-5-7-10(9(3)6-2)8-11(4,12)13/h5,7,10H,3,6,8H2,1-2,4H3/b7-5-. The van der Waals surface area contributed by atoms with E-state index in [1.807, 2.05) is 13.8 Å². The summed E-state index contributed by atoms with van der Waals surface area (Å²) in [6.07, 6.45) is 4.22. The molecule has 0 saturated heterocycles. The molecule has 0 aliphatic heterocycles. The molecule has 13 heavy (non-hydrogen) atoms. The lowest BCUT2D eigenvalue weighted by atomic mass is 9.92. The minimum Gasteiger partial charge on any atom is -0.207 e. The molecule has 2 heteroatoms. The summed E-state index contributed by atoms with van der Waals surface area (Å²) in [4.78, 5) is 0. The van der Waals surface area contributed by atoms with Crippen LogP contribution in [0.3, 0.4) is 0 Å². The van der Waals surface area contributed by atoms with Gasteiger partial charge in [-0.25, -0.2) is 8.78 Å². The van der Waals surface area contributed by atoms with E-state index in [1.54, 1.807) is 12.2 Å². The molecule has 0 aromatic heterocycles. The summed E-state index contributed by atoms with van der Waals surface area (Å²) in [6, 6.07) is 0. The van der Waals surface area contributed by atoms with Crippen molar-refractivity contribution in [3.05, 3.63) is 24.3 Å². The van der Waals surface area contributed by atoms with E-state index < -0.39 is 5.92 Å². The van der Waals surface area contributed by atoms with Crippen molar-refractivity contribution < 1.29 is 8.78 Å². The van der Waals surface area contributed by atoms with E-state index in [0.29, 0.717) is 0 Å². The Morgan fingerprint density at radius 2 is 2.08 bits per heavy atom. The van der Waals surface area contributed by atoms with Gasteiger partial charge in [0.1, 0.15) is 0 Å². The van der Waals surface area contributed by atoms with Gasteiger partial charge in [0.25, 0.3) is 0 Å². The van der Waals surface area contributed by atoms with E-state index in [2.05, 4.69) is 6.58 Å². The van der Waals surface area contributed by atoms with E-state index >= 15 is 0 Å². The smallest absolute Gasteiger partial charge is 0.207 e. The molecule has 0 nitrogen and oxygen atoms in total. The number of allylic oxidation sites excluding steroid dienone is 3. The quantitative estimate of drug-likeness (QED) is 0.567. The van der Waals surface area contributed by atoms with Crippen molar-refractivity contribution in [1.29, 1.82) is 0 Å². The summed E-state index contributed by atoms with van der Waals surface area (Å²) in [7, 11) is 0. The van der Waals surface area contributed by atoms with Crippen LogP contribution in [0.1, 0.15) is 33.6 Å². The number of alkyl halides is 2. The van der Waals surface area contributed by atoms with Crippen LogP contribution in [-0.2, 0) is 0 Å². The largest absolute Gasteiger partial charge is 0.246 e. The first kappa shape index (κ1) is 12.3. The minimum absolute atomic E-state index is 0.135. The summed E-state index contributed by atoms with van der Waals surface area (Å²) in [6.45, 7) is 8.52. The first-order chi connectivity index (χ1) is 5.90. The predicted octanol–water partition coefficient (Wildman–Crippen LogP) is 4.19. The molecule has 0 aliphatic rings. The second kappa shape index (κ2) is 5.15. The maximum Gasteiger partial charge on any atom is 0.246 e. The molecule has 0 aromatic rings. The van der Waals surface area contributed by atoms with Gasteiger partial charge < -0.3 is 0 Å². The Balaban J connectivity index is 4.35. The predicted molar refractivity (Wildman–Crippen MR) is 53.0 cm³/mol. The third-order valence-electron chi connectivity index (χ3n) is 1.98. The van der Waals surface area contributed by atoms with Gasteiger partial charge in [-0.1, -0.05) is 31.2 Å². The Hall–Kier alpha value is -0.660. The average Bonchev–Trinajstić information content (AvgIpc) is 2.00. The van der Waals surface area contributed by atoms with Crippen molar-refractivity contribution in [1.82, 2.24) is 0 Å². The molecule has 1 atom stereocenters. The molecule has 0 heterocycles. The van der Waals surface area contributed by atoms with Crippen LogP contribution in [0.25, 0.3) is 0 Å². The molecule has 0 aromatic carbocycles. The van der Waals surface area contributed by atoms with Crippen LogP contribution in [-0.4, -0.2) is 5.92 Å². The number of hydrogen-bond acceptors (Lipinski definition) is 0. The lowest BCUT2D eigenvalue weighted by Crippen LogP contribution is -2.16. The average molecular weight is 188 g/mol. The topological polar surface area (TPSA) is 0 Å². The van der Waals surface area contributed by atoms with Crippen LogP contribution in [0.5, 0.6) is 0 Å². The Kier molecular flexibility index (Phi) is 4.89. The van der Waals surface area contributed by atoms with Crippen LogP contribution < -0.4 is 0 Å². The molecule has 0 saturated carbocycles. The molecule has 0 amide bonds. The highest BCUT2D eigenvalue weighted by molar-refractivity contribution is 5.09. The number of rotatable bonds is 5. The summed E-state index contributed by atoms with van der Waals surface area (Å²) in [5, 5.41) is 0. The van der Waals surface area contributed by atoms with E-state index in [1.165, 1.54) is 0 Å². The Labute approximate surface area is 79.3 Å². The van der Waals surface area contributed by atoms with Crippen molar-refractivity contribution in [2.24, 2.45) is 5.92 Å². The van der Waals surface area contributed by atoms with E-state index in [9.17, 15) is 8.78 Å². The number of halogens is 2. The van der Waals surface area contributed by atoms with Crippen LogP contribution >= 0.6 is 0 Å². The van der Waals surface area contributed by atoms with E-state index in [-0.39, 0.29) is 12.3 Å². The highest BCUT2D eigenvalue weighted by atomic mass is 19.3. The Morgan fingerprint density at radius 3 is 2.38 bits per heavy atom. The van der Waals surface area contributed by atoms with Gasteiger partial charge in [-0.15, -0.1) is 0 Å². The first-order valence-electron chi connectivity index (χ1n) is 4.59. The van der Waals surface area contributed by atoms with Gasteiger partial charge in [0.2, 0.25) is 5.92 Å². The summed E-state index contributed by atoms with van der Waals surface area (Å²) >= 11 is 0. The van der Waals surface area contributed by atoms with Gasteiger partial charge in [0.15, 0.2) is 0 Å². The van der Waals surface area contributed by atoms with Gasteiger partial charge in [-0.2, -0.15) is 0 Å². The van der Waals surface area contributed by atoms with Crippen LogP contribution in [0.4, 0.5) is 8.78 Å². The lowest BCUT2D eigenvalue weighted by Gasteiger charge is -2.19. The highest BCUT2D eigenvalue weighted by Gasteiger charge is 2.26. The van der Waals surface area contributed by atoms with Crippen LogP contribution in [0.2, 0.25) is 0 Å². The molecule has 0 spiro atoms. The zero-order chi connectivity index (χ0) is 10.5. The molecule has 1 unspecified atom stereocenters. The van der Waals surface area contributed by atoms with Crippen molar-refractivity contribution in [3.8, 4) is 0 Å². The summed E-state index contributed by atoms with van der Waals surface area (Å²) < 4.78 is 25.4. The molecule has 0 fully saturated rings. The van der Waals surface area contributed by atoms with Gasteiger partial charge in [0.05, 0.1) is 0 Å². The Morgan fingerprint density at radius 1 is 1.54 bits per heavy atom. The van der Waals surface area contributed by atoms with Crippen molar-refractivity contribution in [2.45, 2.75) is 39.5 Å². The van der Waals surface area contributed by atoms with E-state index in [4.69, 9.17) is 0 Å². The van der Waals surface area contributed by atoms with Crippen molar-refractivity contribution in [3.63, 3.8) is 0 Å². The third kappa shape index (κ3) is 5.56. The normalized spacial score (nSPS) is 14.8. The molecule has 0 rings (SSSR count). The SMILES string of the molecule is C=C(CC)C(/C=C\C)CC(C)(F)F. The van der Waals surface area contributed by atoms with Crippen molar-refractivity contribution in [2.75, 3.05) is 0 Å². The van der Waals surface area contributed by atoms with Gasteiger partial charge in [-0.05, 0) is 20.3 Å². The molecule has 0 N–H and O–H groups in total. The first-order valence-corrected chi connectivity index (χ1v) is 4.59. The fourth-order valence-corrected chi connectivity index (χ4v) is 1.23.